The average molecular weight is 1190 g/mol. The number of aromatic nitrogens is 8. The van der Waals surface area contributed by atoms with Crippen molar-refractivity contribution in [3.63, 3.8) is 0 Å². The number of fused-ring (bicyclic) bond motifs is 6. The normalized spacial score (nSPS) is 19.5. The molecule has 0 spiro atoms. The van der Waals surface area contributed by atoms with Crippen molar-refractivity contribution < 1.29 is 23.3 Å². The third kappa shape index (κ3) is 12.2. The standard InChI is InChI=1S/C31H30BrN5O2.C26H28N4O2.C5H3BrFN/c1-36-28-7-10-33-19-27(28)26-4-2-20(14-29(26)36)21-3-5-31(35-18-21)39-25-16-24(17-25)38-23-8-12-37(13-9-23)22-6-11-34-30(32)15-22;1-30-24-8-11-28-16-23(24)22-4-2-17(12-25(22)30)18-3-5-26(29-15-18)32-21-13-20(14-21)31-19-6-9-27-10-7-19;6-5-3-4(7)1-2-8-5/h2-7,10-11,14-15,18-19,23-25H,8-9,12-13,16-17H2,1H3;2-5,8,11-12,15-16,19-21,27H,6-7,9-10,13-14H2,1H3;1-3H. The molecule has 17 heteroatoms. The summed E-state index contributed by atoms with van der Waals surface area (Å²) in [6.07, 6.45) is 24.5. The van der Waals surface area contributed by atoms with Crippen LogP contribution in [0.3, 0.4) is 0 Å². The van der Waals surface area contributed by atoms with Crippen molar-refractivity contribution in [3.8, 4) is 34.0 Å². The molecule has 14 nitrogen and oxygen atoms in total. The molecule has 0 amide bonds. The molecule has 0 radical (unpaired) electrons. The molecule has 2 saturated carbocycles. The molecule has 4 aliphatic rings. The van der Waals surface area contributed by atoms with Gasteiger partial charge < -0.3 is 38.3 Å². The first kappa shape index (κ1) is 52.8. The number of ether oxygens (including phenoxy) is 4. The Balaban J connectivity index is 0.000000140. The summed E-state index contributed by atoms with van der Waals surface area (Å²) in [6, 6.07) is 32.1. The number of piperidine rings is 2. The maximum absolute atomic E-state index is 12.1. The third-order valence-corrected chi connectivity index (χ3v) is 16.6. The summed E-state index contributed by atoms with van der Waals surface area (Å²) < 4.78 is 42.8. The number of hydrogen-bond acceptors (Lipinski definition) is 12. The molecule has 10 heterocycles. The van der Waals surface area contributed by atoms with Gasteiger partial charge >= 0.3 is 0 Å². The fraction of sp³-hybridized carbons (Fsp3) is 0.323. The summed E-state index contributed by atoms with van der Waals surface area (Å²) in [4.78, 5) is 28.1. The lowest BCUT2D eigenvalue weighted by Gasteiger charge is -2.40. The largest absolute Gasteiger partial charge is 0.474 e. The summed E-state index contributed by atoms with van der Waals surface area (Å²) in [5, 5.41) is 8.18. The Morgan fingerprint density at radius 3 is 1.43 bits per heavy atom. The third-order valence-electron chi connectivity index (χ3n) is 15.7. The lowest BCUT2D eigenvalue weighted by Crippen LogP contribution is -2.44. The van der Waals surface area contributed by atoms with E-state index >= 15 is 0 Å². The van der Waals surface area contributed by atoms with Crippen molar-refractivity contribution in [1.82, 2.24) is 44.4 Å². The smallest absolute Gasteiger partial charge is 0.213 e. The highest BCUT2D eigenvalue weighted by molar-refractivity contribution is 9.10. The molecule has 4 fully saturated rings. The number of aryl methyl sites for hydroxylation is 2. The topological polar surface area (TPSA) is 139 Å². The van der Waals surface area contributed by atoms with Crippen LogP contribution in [0.4, 0.5) is 10.1 Å². The zero-order chi connectivity index (χ0) is 53.8. The summed E-state index contributed by atoms with van der Waals surface area (Å²) in [5.41, 5.74) is 10.4. The second kappa shape index (κ2) is 23.8. The van der Waals surface area contributed by atoms with E-state index in [9.17, 15) is 4.39 Å². The van der Waals surface area contributed by atoms with Gasteiger partial charge in [0.15, 0.2) is 0 Å². The predicted molar refractivity (Wildman–Crippen MR) is 315 cm³/mol. The first-order valence-corrected chi connectivity index (χ1v) is 28.8. The van der Waals surface area contributed by atoms with Gasteiger partial charge in [-0.3, -0.25) is 9.97 Å². The number of pyridine rings is 6. The Kier molecular flexibility index (Phi) is 15.9. The Morgan fingerprint density at radius 1 is 0.468 bits per heavy atom. The minimum atomic E-state index is -0.271. The van der Waals surface area contributed by atoms with E-state index in [2.05, 4.69) is 168 Å². The van der Waals surface area contributed by atoms with Crippen LogP contribution in [0, 0.1) is 5.82 Å². The minimum absolute atomic E-state index is 0.170. The lowest BCUT2D eigenvalue weighted by molar-refractivity contribution is -0.104. The van der Waals surface area contributed by atoms with E-state index in [1.807, 2.05) is 55.5 Å². The van der Waals surface area contributed by atoms with Crippen LogP contribution < -0.4 is 19.7 Å². The molecular formula is C62H61Br2FN10O4. The summed E-state index contributed by atoms with van der Waals surface area (Å²) >= 11 is 6.48. The van der Waals surface area contributed by atoms with E-state index in [-0.39, 0.29) is 24.1 Å². The van der Waals surface area contributed by atoms with Gasteiger partial charge in [-0.2, -0.15) is 0 Å². The summed E-state index contributed by atoms with van der Waals surface area (Å²) in [6.45, 7) is 4.15. The van der Waals surface area contributed by atoms with Gasteiger partial charge in [-0.15, -0.1) is 0 Å². The molecular weight excluding hydrogens is 1130 g/mol. The fourth-order valence-electron chi connectivity index (χ4n) is 11.2. The zero-order valence-electron chi connectivity index (χ0n) is 44.1. The summed E-state index contributed by atoms with van der Waals surface area (Å²) in [5.74, 6) is 1.10. The lowest BCUT2D eigenvalue weighted by atomic mass is 9.91. The molecule has 79 heavy (non-hydrogen) atoms. The van der Waals surface area contributed by atoms with E-state index < -0.39 is 0 Å². The van der Waals surface area contributed by atoms with Gasteiger partial charge in [0.2, 0.25) is 11.8 Å². The van der Waals surface area contributed by atoms with E-state index in [0.717, 1.165) is 104 Å². The minimum Gasteiger partial charge on any atom is -0.474 e. The Bertz CT molecular complexity index is 3690. The number of anilines is 1. The Morgan fingerprint density at radius 2 is 0.962 bits per heavy atom. The van der Waals surface area contributed by atoms with E-state index in [4.69, 9.17) is 18.9 Å². The van der Waals surface area contributed by atoms with Gasteiger partial charge in [0, 0.05) is 170 Å². The van der Waals surface area contributed by atoms with Crippen molar-refractivity contribution in [1.29, 1.82) is 0 Å². The van der Waals surface area contributed by atoms with Crippen molar-refractivity contribution in [3.05, 3.63) is 162 Å². The number of nitrogens with one attached hydrogen (secondary N) is 1. The van der Waals surface area contributed by atoms with Crippen molar-refractivity contribution in [2.45, 2.75) is 88.0 Å². The molecule has 404 valence electrons. The second-order valence-electron chi connectivity index (χ2n) is 20.8. The molecule has 2 saturated heterocycles. The van der Waals surface area contributed by atoms with E-state index in [0.29, 0.717) is 34.7 Å². The first-order valence-electron chi connectivity index (χ1n) is 27.2. The molecule has 2 aliphatic carbocycles. The highest BCUT2D eigenvalue weighted by atomic mass is 79.9. The van der Waals surface area contributed by atoms with Crippen molar-refractivity contribution >= 4 is 81.2 Å². The number of halogens is 3. The quantitative estimate of drug-likeness (QED) is 0.123. The van der Waals surface area contributed by atoms with Crippen LogP contribution in [-0.4, -0.2) is 102 Å². The molecule has 2 aromatic carbocycles. The molecule has 10 aromatic rings. The average Bonchev–Trinajstić information content (AvgIpc) is 4.03. The highest BCUT2D eigenvalue weighted by Gasteiger charge is 2.36. The van der Waals surface area contributed by atoms with Crippen LogP contribution >= 0.6 is 31.9 Å². The van der Waals surface area contributed by atoms with Gasteiger partial charge in [-0.05, 0) is 136 Å². The monoisotopic (exact) mass is 1190 g/mol. The van der Waals surface area contributed by atoms with Crippen LogP contribution in [0.15, 0.2) is 156 Å². The fourth-order valence-corrected chi connectivity index (χ4v) is 11.9. The predicted octanol–water partition coefficient (Wildman–Crippen LogP) is 13.0. The molecule has 8 aromatic heterocycles. The SMILES string of the molecule is Cn1c2ccncc2c2ccc(-c3ccc(OC4CC(OC5CCN(c6ccnc(Br)c6)CC5)C4)nc3)cc21.Cn1c2ccncc2c2ccc(-c3ccc(OC4CC(OC5CCNCC5)C4)nc3)cc21.Fc1ccnc(Br)c1. The van der Waals surface area contributed by atoms with Crippen molar-refractivity contribution in [2.24, 2.45) is 14.1 Å². The molecule has 0 bridgehead atoms. The molecule has 14 rings (SSSR count). The summed E-state index contributed by atoms with van der Waals surface area (Å²) in [7, 11) is 4.20. The number of nitrogens with zero attached hydrogens (tertiary/aromatic N) is 9. The number of rotatable bonds is 11. The maximum atomic E-state index is 12.1. The van der Waals surface area contributed by atoms with E-state index in [1.54, 1.807) is 0 Å². The van der Waals surface area contributed by atoms with Gasteiger partial charge in [0.05, 0.1) is 35.4 Å². The number of hydrogen-bond donors (Lipinski definition) is 1. The van der Waals surface area contributed by atoms with Crippen LogP contribution in [0.5, 0.6) is 11.8 Å². The van der Waals surface area contributed by atoms with Gasteiger partial charge in [-0.25, -0.2) is 24.3 Å². The van der Waals surface area contributed by atoms with Crippen LogP contribution in [-0.2, 0) is 23.6 Å². The molecule has 0 unspecified atom stereocenters. The van der Waals surface area contributed by atoms with Gasteiger partial charge in [-0.1, -0.05) is 24.3 Å². The molecule has 1 N–H and O–H groups in total. The van der Waals surface area contributed by atoms with E-state index in [1.165, 1.54) is 67.6 Å². The van der Waals surface area contributed by atoms with Crippen LogP contribution in [0.1, 0.15) is 51.4 Å². The van der Waals surface area contributed by atoms with Crippen LogP contribution in [0.2, 0.25) is 0 Å². The molecule has 0 atom stereocenters. The Labute approximate surface area is 475 Å². The van der Waals surface area contributed by atoms with Gasteiger partial charge in [0.1, 0.15) is 27.2 Å². The zero-order valence-corrected chi connectivity index (χ0v) is 47.3. The molecule has 2 aliphatic heterocycles. The Hall–Kier alpha value is -6.89. The van der Waals surface area contributed by atoms with Gasteiger partial charge in [0.25, 0.3) is 0 Å². The first-order chi connectivity index (χ1) is 38.6. The highest BCUT2D eigenvalue weighted by Crippen LogP contribution is 2.36. The van der Waals surface area contributed by atoms with Crippen molar-refractivity contribution in [2.75, 3.05) is 31.1 Å². The van der Waals surface area contributed by atoms with Crippen LogP contribution in [0.25, 0.3) is 65.9 Å². The number of benzene rings is 2. The second-order valence-corrected chi connectivity index (χ2v) is 22.5. The maximum Gasteiger partial charge on any atom is 0.213 e.